The van der Waals surface area contributed by atoms with Crippen LogP contribution in [-0.4, -0.2) is 12.2 Å². The second-order valence-electron chi connectivity index (χ2n) is 5.00. The molecular formula is C10H20FN. The number of hydrogen-bond acceptors (Lipinski definition) is 1. The van der Waals surface area contributed by atoms with Gasteiger partial charge in [-0.25, -0.2) is 4.39 Å². The highest BCUT2D eigenvalue weighted by atomic mass is 19.1. The highest BCUT2D eigenvalue weighted by Gasteiger charge is 2.37. The minimum absolute atomic E-state index is 0.157. The van der Waals surface area contributed by atoms with Crippen molar-refractivity contribution in [2.45, 2.75) is 52.2 Å². The smallest absolute Gasteiger partial charge is 0.115 e. The van der Waals surface area contributed by atoms with E-state index < -0.39 is 6.17 Å². The van der Waals surface area contributed by atoms with Crippen molar-refractivity contribution in [3.8, 4) is 0 Å². The van der Waals surface area contributed by atoms with Crippen molar-refractivity contribution in [1.29, 1.82) is 0 Å². The van der Waals surface area contributed by atoms with Crippen LogP contribution in [0.2, 0.25) is 0 Å². The van der Waals surface area contributed by atoms with Crippen molar-refractivity contribution in [3.05, 3.63) is 0 Å². The molecule has 0 bridgehead atoms. The summed E-state index contributed by atoms with van der Waals surface area (Å²) in [5.74, 6) is 0.348. The monoisotopic (exact) mass is 173 g/mol. The molecule has 1 rings (SSSR count). The Morgan fingerprint density at radius 1 is 1.25 bits per heavy atom. The summed E-state index contributed by atoms with van der Waals surface area (Å²) in [4.78, 5) is 0. The van der Waals surface area contributed by atoms with E-state index in [4.69, 9.17) is 5.73 Å². The Balaban J connectivity index is 2.64. The third kappa shape index (κ3) is 1.98. The lowest BCUT2D eigenvalue weighted by molar-refractivity contribution is 0.0871. The normalized spacial score (nSPS) is 38.2. The van der Waals surface area contributed by atoms with E-state index in [0.29, 0.717) is 12.3 Å². The SMILES string of the molecule is CC(C)(C)C1CCCC(F)C1N. The van der Waals surface area contributed by atoms with Crippen molar-refractivity contribution < 1.29 is 4.39 Å². The summed E-state index contributed by atoms with van der Waals surface area (Å²) in [7, 11) is 0. The number of rotatable bonds is 0. The Labute approximate surface area is 74.5 Å². The van der Waals surface area contributed by atoms with E-state index in [-0.39, 0.29) is 11.5 Å². The lowest BCUT2D eigenvalue weighted by atomic mass is 9.69. The zero-order valence-corrected chi connectivity index (χ0v) is 8.31. The maximum Gasteiger partial charge on any atom is 0.115 e. The van der Waals surface area contributed by atoms with Gasteiger partial charge in [-0.1, -0.05) is 27.2 Å². The predicted molar refractivity (Wildman–Crippen MR) is 49.7 cm³/mol. The highest BCUT2D eigenvalue weighted by molar-refractivity contribution is 4.90. The number of nitrogens with two attached hydrogens (primary N) is 1. The van der Waals surface area contributed by atoms with E-state index in [2.05, 4.69) is 20.8 Å². The Kier molecular flexibility index (Phi) is 2.77. The third-order valence-electron chi connectivity index (χ3n) is 2.99. The maximum absolute atomic E-state index is 13.2. The predicted octanol–water partition coefficient (Wildman–Crippen LogP) is 2.50. The summed E-state index contributed by atoms with van der Waals surface area (Å²) in [6.45, 7) is 6.45. The van der Waals surface area contributed by atoms with Crippen LogP contribution in [0.25, 0.3) is 0 Å². The van der Waals surface area contributed by atoms with Crippen LogP contribution < -0.4 is 5.73 Å². The summed E-state index contributed by atoms with van der Waals surface area (Å²) < 4.78 is 13.2. The molecule has 3 unspecified atom stereocenters. The van der Waals surface area contributed by atoms with Gasteiger partial charge in [-0.15, -0.1) is 0 Å². The summed E-state index contributed by atoms with van der Waals surface area (Å²) in [5.41, 5.74) is 5.99. The van der Waals surface area contributed by atoms with E-state index in [1.165, 1.54) is 0 Å². The molecular weight excluding hydrogens is 153 g/mol. The molecule has 0 spiro atoms. The Morgan fingerprint density at radius 3 is 2.25 bits per heavy atom. The molecule has 0 aliphatic heterocycles. The van der Waals surface area contributed by atoms with Crippen molar-refractivity contribution in [3.63, 3.8) is 0 Å². The summed E-state index contributed by atoms with van der Waals surface area (Å²) in [6, 6.07) is -0.237. The van der Waals surface area contributed by atoms with Crippen LogP contribution in [0.5, 0.6) is 0 Å². The largest absolute Gasteiger partial charge is 0.325 e. The molecule has 1 fully saturated rings. The standard InChI is InChI=1S/C10H20FN/c1-10(2,3)7-5-4-6-8(11)9(7)12/h7-9H,4-6,12H2,1-3H3. The van der Waals surface area contributed by atoms with Gasteiger partial charge in [-0.3, -0.25) is 0 Å². The van der Waals surface area contributed by atoms with Crippen molar-refractivity contribution in [1.82, 2.24) is 0 Å². The first kappa shape index (κ1) is 9.97. The maximum atomic E-state index is 13.2. The van der Waals surface area contributed by atoms with Crippen molar-refractivity contribution in [2.24, 2.45) is 17.1 Å². The molecule has 12 heavy (non-hydrogen) atoms. The molecule has 0 aromatic heterocycles. The summed E-state index contributed by atoms with van der Waals surface area (Å²) >= 11 is 0. The van der Waals surface area contributed by atoms with Gasteiger partial charge in [0.05, 0.1) is 0 Å². The molecule has 72 valence electrons. The molecule has 3 atom stereocenters. The fourth-order valence-corrected chi connectivity index (χ4v) is 2.18. The van der Waals surface area contributed by atoms with Crippen molar-refractivity contribution in [2.75, 3.05) is 0 Å². The molecule has 1 aliphatic carbocycles. The second-order valence-corrected chi connectivity index (χ2v) is 5.00. The van der Waals surface area contributed by atoms with E-state index in [9.17, 15) is 4.39 Å². The van der Waals surface area contributed by atoms with E-state index >= 15 is 0 Å². The number of hydrogen-bond donors (Lipinski definition) is 1. The molecule has 1 saturated carbocycles. The van der Waals surface area contributed by atoms with Gasteiger partial charge < -0.3 is 5.73 Å². The average Bonchev–Trinajstić information content (AvgIpc) is 1.92. The fraction of sp³-hybridized carbons (Fsp3) is 1.00. The van der Waals surface area contributed by atoms with Crippen LogP contribution in [0.1, 0.15) is 40.0 Å². The highest BCUT2D eigenvalue weighted by Crippen LogP contribution is 2.37. The zero-order chi connectivity index (χ0) is 9.35. The Morgan fingerprint density at radius 2 is 1.83 bits per heavy atom. The number of alkyl halides is 1. The molecule has 2 N–H and O–H groups in total. The quantitative estimate of drug-likeness (QED) is 0.598. The first-order chi connectivity index (χ1) is 5.43. The molecule has 0 heterocycles. The van der Waals surface area contributed by atoms with Gasteiger partial charge in [-0.05, 0) is 24.2 Å². The lowest BCUT2D eigenvalue weighted by Crippen LogP contribution is -2.47. The Hall–Kier alpha value is -0.110. The fourth-order valence-electron chi connectivity index (χ4n) is 2.18. The average molecular weight is 173 g/mol. The van der Waals surface area contributed by atoms with Gasteiger partial charge >= 0.3 is 0 Å². The van der Waals surface area contributed by atoms with Crippen LogP contribution in [0.4, 0.5) is 4.39 Å². The topological polar surface area (TPSA) is 26.0 Å². The van der Waals surface area contributed by atoms with Crippen LogP contribution in [0.15, 0.2) is 0 Å². The van der Waals surface area contributed by atoms with Crippen LogP contribution >= 0.6 is 0 Å². The third-order valence-corrected chi connectivity index (χ3v) is 2.99. The molecule has 1 aliphatic rings. The first-order valence-electron chi connectivity index (χ1n) is 4.82. The Bertz CT molecular complexity index is 150. The van der Waals surface area contributed by atoms with Gasteiger partial charge in [0.15, 0.2) is 0 Å². The molecule has 0 amide bonds. The van der Waals surface area contributed by atoms with Crippen LogP contribution in [0, 0.1) is 11.3 Å². The van der Waals surface area contributed by atoms with Crippen LogP contribution in [-0.2, 0) is 0 Å². The summed E-state index contributed by atoms with van der Waals surface area (Å²) in [5, 5.41) is 0. The van der Waals surface area contributed by atoms with E-state index in [0.717, 1.165) is 12.8 Å². The van der Waals surface area contributed by atoms with Gasteiger partial charge in [0.1, 0.15) is 6.17 Å². The van der Waals surface area contributed by atoms with E-state index in [1.54, 1.807) is 0 Å². The summed E-state index contributed by atoms with van der Waals surface area (Å²) in [6.07, 6.45) is 1.97. The van der Waals surface area contributed by atoms with Gasteiger partial charge in [0.25, 0.3) is 0 Å². The van der Waals surface area contributed by atoms with Gasteiger partial charge in [-0.2, -0.15) is 0 Å². The lowest BCUT2D eigenvalue weighted by Gasteiger charge is -2.40. The molecule has 1 nitrogen and oxygen atoms in total. The molecule has 2 heteroatoms. The molecule has 0 aromatic rings. The second kappa shape index (κ2) is 3.33. The minimum Gasteiger partial charge on any atom is -0.325 e. The minimum atomic E-state index is -0.775. The van der Waals surface area contributed by atoms with E-state index in [1.807, 2.05) is 0 Å². The zero-order valence-electron chi connectivity index (χ0n) is 8.31. The molecule has 0 aromatic carbocycles. The van der Waals surface area contributed by atoms with Gasteiger partial charge in [0.2, 0.25) is 0 Å². The van der Waals surface area contributed by atoms with Crippen LogP contribution in [0.3, 0.4) is 0 Å². The first-order valence-corrected chi connectivity index (χ1v) is 4.82. The van der Waals surface area contributed by atoms with Crippen molar-refractivity contribution >= 4 is 0 Å². The molecule has 0 saturated heterocycles. The van der Waals surface area contributed by atoms with Gasteiger partial charge in [0, 0.05) is 6.04 Å². The number of halogens is 1. The molecule has 0 radical (unpaired) electrons.